The monoisotopic (exact) mass is 472 g/mol. The highest BCUT2D eigenvalue weighted by atomic mass is 16.6. The molecule has 3 rings (SSSR count). The van der Waals surface area contributed by atoms with Crippen LogP contribution in [-0.4, -0.2) is 51.2 Å². The molecule has 0 aromatic heterocycles. The molecule has 0 saturated carbocycles. The zero-order valence-electron chi connectivity index (χ0n) is 20.6. The average molecular weight is 473 g/mol. The first-order chi connectivity index (χ1) is 16.3. The number of carbonyl (C=O) groups excluding carboxylic acids is 1. The molecule has 0 bridgehead atoms. The number of carbonyl (C=O) groups is 1. The predicted molar refractivity (Wildman–Crippen MR) is 129 cm³/mol. The van der Waals surface area contributed by atoms with Crippen LogP contribution in [0.25, 0.3) is 0 Å². The lowest BCUT2D eigenvalue weighted by Crippen LogP contribution is -2.48. The number of fused-ring (bicyclic) bond motifs is 2. The standard InChI is InChI=1S/C27H36O7/c1-5-14-27(34-25(28)26(2,3)4)19-32-23-12-8-6-10-21(23)30-17-15-29-16-18-31-22-11-7-9-13-24(22)33-20-27/h6-13H,5,14-20H2,1-4H3. The van der Waals surface area contributed by atoms with Crippen LogP contribution in [0.4, 0.5) is 0 Å². The largest absolute Gasteiger partial charge is 0.487 e. The van der Waals surface area contributed by atoms with Crippen LogP contribution < -0.4 is 18.9 Å². The van der Waals surface area contributed by atoms with Crippen LogP contribution in [0.3, 0.4) is 0 Å². The second-order valence-electron chi connectivity index (χ2n) is 9.35. The molecule has 186 valence electrons. The smallest absolute Gasteiger partial charge is 0.312 e. The Labute approximate surface area is 202 Å². The Morgan fingerprint density at radius 1 is 0.794 bits per heavy atom. The van der Waals surface area contributed by atoms with Crippen molar-refractivity contribution in [3.63, 3.8) is 0 Å². The van der Waals surface area contributed by atoms with Gasteiger partial charge in [-0.1, -0.05) is 37.6 Å². The van der Waals surface area contributed by atoms with E-state index in [1.807, 2.05) is 76.2 Å². The van der Waals surface area contributed by atoms with Gasteiger partial charge in [-0.2, -0.15) is 0 Å². The second kappa shape index (κ2) is 12.0. The van der Waals surface area contributed by atoms with Gasteiger partial charge in [-0.15, -0.1) is 0 Å². The van der Waals surface area contributed by atoms with E-state index in [1.54, 1.807) is 0 Å². The Balaban J connectivity index is 1.93. The van der Waals surface area contributed by atoms with Crippen LogP contribution in [-0.2, 0) is 14.3 Å². The van der Waals surface area contributed by atoms with Crippen molar-refractivity contribution in [1.82, 2.24) is 0 Å². The van der Waals surface area contributed by atoms with E-state index in [0.717, 1.165) is 6.42 Å². The van der Waals surface area contributed by atoms with Gasteiger partial charge < -0.3 is 28.4 Å². The highest BCUT2D eigenvalue weighted by molar-refractivity contribution is 5.75. The zero-order chi connectivity index (χ0) is 24.4. The van der Waals surface area contributed by atoms with Crippen molar-refractivity contribution in [3.05, 3.63) is 48.5 Å². The molecule has 1 heterocycles. The first kappa shape index (κ1) is 25.7. The molecule has 0 saturated heterocycles. The summed E-state index contributed by atoms with van der Waals surface area (Å²) in [6.07, 6.45) is 1.34. The van der Waals surface area contributed by atoms with Crippen molar-refractivity contribution >= 4 is 5.97 Å². The van der Waals surface area contributed by atoms with Crippen LogP contribution in [0.15, 0.2) is 48.5 Å². The summed E-state index contributed by atoms with van der Waals surface area (Å²) in [5.41, 5.74) is -1.67. The van der Waals surface area contributed by atoms with Gasteiger partial charge in [0.15, 0.2) is 28.6 Å². The lowest BCUT2D eigenvalue weighted by molar-refractivity contribution is -0.178. The van der Waals surface area contributed by atoms with E-state index in [-0.39, 0.29) is 19.2 Å². The van der Waals surface area contributed by atoms with E-state index in [1.165, 1.54) is 0 Å². The fourth-order valence-corrected chi connectivity index (χ4v) is 3.42. The van der Waals surface area contributed by atoms with Crippen LogP contribution in [0.5, 0.6) is 23.0 Å². The van der Waals surface area contributed by atoms with Gasteiger partial charge in [0.05, 0.1) is 18.6 Å². The molecule has 0 unspecified atom stereocenters. The van der Waals surface area contributed by atoms with Crippen LogP contribution in [0.2, 0.25) is 0 Å². The molecule has 0 fully saturated rings. The van der Waals surface area contributed by atoms with Gasteiger partial charge in [0.25, 0.3) is 0 Å². The van der Waals surface area contributed by atoms with Crippen LogP contribution >= 0.6 is 0 Å². The number of esters is 1. The summed E-state index contributed by atoms with van der Waals surface area (Å²) < 4.78 is 35.9. The first-order valence-electron chi connectivity index (χ1n) is 11.8. The maximum Gasteiger partial charge on any atom is 0.312 e. The van der Waals surface area contributed by atoms with Crippen molar-refractivity contribution < 1.29 is 33.2 Å². The van der Waals surface area contributed by atoms with Gasteiger partial charge in [-0.05, 0) is 51.5 Å². The van der Waals surface area contributed by atoms with Crippen LogP contribution in [0, 0.1) is 5.41 Å². The molecule has 1 aliphatic rings. The lowest BCUT2D eigenvalue weighted by atomic mass is 9.94. The Hall–Kier alpha value is -2.93. The minimum atomic E-state index is -1.00. The fourth-order valence-electron chi connectivity index (χ4n) is 3.42. The van der Waals surface area contributed by atoms with Gasteiger partial charge in [0.2, 0.25) is 0 Å². The quantitative estimate of drug-likeness (QED) is 0.578. The third-order valence-corrected chi connectivity index (χ3v) is 5.28. The number of hydrogen-bond donors (Lipinski definition) is 0. The van der Waals surface area contributed by atoms with E-state index >= 15 is 0 Å². The van der Waals surface area contributed by atoms with Crippen molar-refractivity contribution in [1.29, 1.82) is 0 Å². The summed E-state index contributed by atoms with van der Waals surface area (Å²) >= 11 is 0. The molecule has 0 atom stereocenters. The second-order valence-corrected chi connectivity index (χ2v) is 9.35. The molecular formula is C27H36O7. The Morgan fingerprint density at radius 3 is 1.65 bits per heavy atom. The molecule has 0 aliphatic carbocycles. The molecule has 2 aromatic carbocycles. The molecule has 2 aromatic rings. The summed E-state index contributed by atoms with van der Waals surface area (Å²) in [6.45, 7) is 9.35. The van der Waals surface area contributed by atoms with Crippen molar-refractivity contribution in [3.8, 4) is 23.0 Å². The predicted octanol–water partition coefficient (Wildman–Crippen LogP) is 5.06. The van der Waals surface area contributed by atoms with Crippen molar-refractivity contribution in [2.75, 3.05) is 39.6 Å². The van der Waals surface area contributed by atoms with E-state index in [2.05, 4.69) is 0 Å². The normalized spacial score (nSPS) is 16.9. The van der Waals surface area contributed by atoms with E-state index in [0.29, 0.717) is 55.8 Å². The van der Waals surface area contributed by atoms with Crippen molar-refractivity contribution in [2.45, 2.75) is 46.1 Å². The summed E-state index contributed by atoms with van der Waals surface area (Å²) in [7, 11) is 0. The van der Waals surface area contributed by atoms with Gasteiger partial charge in [0.1, 0.15) is 26.4 Å². The topological polar surface area (TPSA) is 72.5 Å². The number of rotatable bonds is 3. The zero-order valence-corrected chi connectivity index (χ0v) is 20.6. The minimum Gasteiger partial charge on any atom is -0.487 e. The Bertz CT molecular complexity index is 864. The van der Waals surface area contributed by atoms with Gasteiger partial charge in [-0.25, -0.2) is 0 Å². The number of benzene rings is 2. The summed E-state index contributed by atoms with van der Waals surface area (Å²) in [5, 5.41) is 0. The minimum absolute atomic E-state index is 0.114. The fraction of sp³-hybridized carbons (Fsp3) is 0.519. The van der Waals surface area contributed by atoms with E-state index in [4.69, 9.17) is 28.4 Å². The first-order valence-corrected chi connectivity index (χ1v) is 11.8. The SMILES string of the molecule is CCCC1(OC(=O)C(C)(C)C)COc2ccccc2OCCOCCOc2ccccc2OC1. The average Bonchev–Trinajstić information content (AvgIpc) is 2.81. The molecule has 1 aliphatic heterocycles. The van der Waals surface area contributed by atoms with Gasteiger partial charge in [0, 0.05) is 0 Å². The number of ether oxygens (including phenoxy) is 6. The maximum atomic E-state index is 13.0. The lowest BCUT2D eigenvalue weighted by Gasteiger charge is -2.35. The summed E-state index contributed by atoms with van der Waals surface area (Å²) in [4.78, 5) is 13.0. The summed E-state index contributed by atoms with van der Waals surface area (Å²) in [5.74, 6) is 2.05. The molecular weight excluding hydrogens is 436 g/mol. The van der Waals surface area contributed by atoms with E-state index < -0.39 is 11.0 Å². The van der Waals surface area contributed by atoms with Gasteiger partial charge in [-0.3, -0.25) is 4.79 Å². The molecule has 0 amide bonds. The molecule has 0 radical (unpaired) electrons. The molecule has 7 heteroatoms. The Kier molecular flexibility index (Phi) is 9.05. The Morgan fingerprint density at radius 2 is 1.24 bits per heavy atom. The third-order valence-electron chi connectivity index (χ3n) is 5.28. The highest BCUT2D eigenvalue weighted by Gasteiger charge is 2.39. The molecule has 0 spiro atoms. The van der Waals surface area contributed by atoms with E-state index in [9.17, 15) is 4.79 Å². The molecule has 7 nitrogen and oxygen atoms in total. The van der Waals surface area contributed by atoms with Gasteiger partial charge >= 0.3 is 5.97 Å². The number of para-hydroxylation sites is 4. The highest BCUT2D eigenvalue weighted by Crippen LogP contribution is 2.33. The number of hydrogen-bond acceptors (Lipinski definition) is 7. The summed E-state index contributed by atoms with van der Waals surface area (Å²) in [6, 6.07) is 14.9. The molecule has 0 N–H and O–H groups in total. The molecule has 34 heavy (non-hydrogen) atoms. The third kappa shape index (κ3) is 7.29. The van der Waals surface area contributed by atoms with Crippen molar-refractivity contribution in [2.24, 2.45) is 5.41 Å². The maximum absolute atomic E-state index is 13.0. The van der Waals surface area contributed by atoms with Crippen LogP contribution in [0.1, 0.15) is 40.5 Å².